The Balaban J connectivity index is 0.00000580. The SMILES string of the molecule is COc1cc(OCCCC[As](C)C2CCC(OC(=O)C(O)(c3cccs3)c3cccs3)CC2)c(Cl)cc1CNC[C@H](O)c1ccc(O)c2[nH]c(=O)ccc12.F. The third kappa shape index (κ3) is 10.1. The summed E-state index contributed by atoms with van der Waals surface area (Å²) in [5.41, 5.74) is 2.03. The summed E-state index contributed by atoms with van der Waals surface area (Å²) >= 11 is 8.26. The van der Waals surface area contributed by atoms with Crippen LogP contribution < -0.4 is 20.3 Å². The van der Waals surface area contributed by atoms with E-state index in [1.807, 2.05) is 29.0 Å². The second-order valence-corrected chi connectivity index (χ2v) is 21.5. The van der Waals surface area contributed by atoms with E-state index in [9.17, 15) is 24.9 Å². The molecule has 3 aromatic heterocycles. The van der Waals surface area contributed by atoms with Crippen LogP contribution >= 0.6 is 34.3 Å². The summed E-state index contributed by atoms with van der Waals surface area (Å²) in [6.45, 7) is 1.14. The number of unbranched alkanes of at least 4 members (excludes halogenated alkanes) is 1. The van der Waals surface area contributed by atoms with E-state index in [0.29, 0.717) is 55.1 Å². The first-order valence-electron chi connectivity index (χ1n) is 18.0. The number of phenols is 1. The molecule has 0 radical (unpaired) electrons. The molecule has 0 bridgehead atoms. The second-order valence-electron chi connectivity index (χ2n) is 13.6. The van der Waals surface area contributed by atoms with Crippen molar-refractivity contribution in [3.8, 4) is 17.2 Å². The molecule has 0 saturated heterocycles. The van der Waals surface area contributed by atoms with Crippen LogP contribution in [0.5, 0.6) is 17.2 Å². The van der Waals surface area contributed by atoms with Gasteiger partial charge in [-0.15, -0.1) is 0 Å². The van der Waals surface area contributed by atoms with E-state index in [1.54, 1.807) is 37.4 Å². The van der Waals surface area contributed by atoms with Crippen LogP contribution in [-0.2, 0) is 21.7 Å². The number of aliphatic hydroxyl groups is 2. The number of aromatic hydroxyl groups is 1. The average molecular weight is 877 g/mol. The molecule has 6 rings (SSSR count). The molecular formula is C40H47AsClFN2O8S2. The normalized spacial score (nSPS) is 17.0. The van der Waals surface area contributed by atoms with Gasteiger partial charge in [0.2, 0.25) is 5.56 Å². The van der Waals surface area contributed by atoms with Gasteiger partial charge in [-0.1, -0.05) is 6.07 Å². The number of carbonyl (C=O) groups excluding carboxylic acids is 1. The second kappa shape index (κ2) is 19.6. The average Bonchev–Trinajstić information content (AvgIpc) is 3.92. The molecule has 2 aromatic carbocycles. The number of nitrogens with one attached hydrogen (secondary N) is 2. The first-order chi connectivity index (χ1) is 26.1. The summed E-state index contributed by atoms with van der Waals surface area (Å²) in [6.07, 6.45) is 4.67. The Morgan fingerprint density at radius 1 is 1.04 bits per heavy atom. The Morgan fingerprint density at radius 2 is 1.75 bits per heavy atom. The minimum absolute atomic E-state index is 0. The number of aromatic amines is 1. The minimum atomic E-state index is -1.76. The number of rotatable bonds is 17. The van der Waals surface area contributed by atoms with E-state index in [2.05, 4.69) is 16.0 Å². The van der Waals surface area contributed by atoms with Gasteiger partial charge in [0.15, 0.2) is 0 Å². The Hall–Kier alpha value is -3.42. The van der Waals surface area contributed by atoms with Gasteiger partial charge in [0.25, 0.3) is 0 Å². The van der Waals surface area contributed by atoms with Crippen LogP contribution in [-0.4, -0.2) is 67.3 Å². The number of phenolic OH excluding ortho intramolecular Hbond substituents is 1. The summed E-state index contributed by atoms with van der Waals surface area (Å²) in [6, 6.07) is 16.9. The zero-order chi connectivity index (χ0) is 38.2. The zero-order valence-corrected chi connectivity index (χ0v) is 34.9. The van der Waals surface area contributed by atoms with E-state index in [-0.39, 0.29) is 34.2 Å². The van der Waals surface area contributed by atoms with Gasteiger partial charge >= 0.3 is 256 Å². The predicted molar refractivity (Wildman–Crippen MR) is 218 cm³/mol. The van der Waals surface area contributed by atoms with Crippen LogP contribution in [0.1, 0.15) is 65.5 Å². The van der Waals surface area contributed by atoms with Crippen molar-refractivity contribution in [3.63, 3.8) is 0 Å². The Bertz CT molecular complexity index is 2020. The number of aromatic nitrogens is 1. The Labute approximate surface area is 337 Å². The predicted octanol–water partition coefficient (Wildman–Crippen LogP) is 8.07. The number of carbonyl (C=O) groups is 1. The fourth-order valence-corrected chi connectivity index (χ4v) is 13.7. The van der Waals surface area contributed by atoms with Crippen molar-refractivity contribution in [2.24, 2.45) is 0 Å². The minimum Gasteiger partial charge on any atom is -0.506 e. The molecule has 1 aliphatic carbocycles. The molecule has 10 nitrogen and oxygen atoms in total. The molecule has 55 heavy (non-hydrogen) atoms. The number of aliphatic hydroxyl groups excluding tert-OH is 1. The number of pyridine rings is 1. The van der Waals surface area contributed by atoms with Gasteiger partial charge in [-0.05, 0) is 17.7 Å². The number of fused-ring (bicyclic) bond motifs is 1. The molecule has 15 heteroatoms. The zero-order valence-electron chi connectivity index (χ0n) is 30.7. The summed E-state index contributed by atoms with van der Waals surface area (Å²) in [4.78, 5) is 28.9. The Kier molecular flexibility index (Phi) is 15.2. The summed E-state index contributed by atoms with van der Waals surface area (Å²) < 4.78 is 18.4. The first kappa shape index (κ1) is 42.7. The first-order valence-corrected chi connectivity index (χ1v) is 24.5. The van der Waals surface area contributed by atoms with Crippen LogP contribution in [0.25, 0.3) is 10.9 Å². The number of hydrogen-bond acceptors (Lipinski definition) is 11. The van der Waals surface area contributed by atoms with Crippen molar-refractivity contribution in [1.29, 1.82) is 0 Å². The van der Waals surface area contributed by atoms with E-state index >= 15 is 0 Å². The van der Waals surface area contributed by atoms with Crippen LogP contribution in [0.2, 0.25) is 20.6 Å². The molecule has 296 valence electrons. The molecule has 0 aliphatic heterocycles. The van der Waals surface area contributed by atoms with Gasteiger partial charge in [-0.25, -0.2) is 0 Å². The number of benzene rings is 2. The van der Waals surface area contributed by atoms with Gasteiger partial charge < -0.3 is 15.2 Å². The molecule has 5 N–H and O–H groups in total. The maximum absolute atomic E-state index is 13.4. The van der Waals surface area contributed by atoms with Crippen LogP contribution in [0.15, 0.2) is 76.2 Å². The standard InChI is InChI=1S/C40H46AsClN2O8S2.FH/c1-41(26-9-11-27(12-10-26)52-39(48)40(49,35-7-5-19-53-35)36-8-6-20-54-36)17-3-4-18-51-34-22-33(50-2)25(21-30(34)42)23-43-24-32(46)28-13-15-31(45)38-29(28)14-16-37(47)44-38;/h5-8,13-16,19-22,26-27,32,43,45-46,49H,3-4,9-12,17-18,23-24H2,1-2H3,(H,44,47);1H/t26?,27?,32-,41?;/m0./s1. The summed E-state index contributed by atoms with van der Waals surface area (Å²) in [5, 5.41) is 41.9. The summed E-state index contributed by atoms with van der Waals surface area (Å²) in [5.74, 6) is 0.542. The molecule has 1 aliphatic rings. The van der Waals surface area contributed by atoms with E-state index < -0.39 is 32.3 Å². The number of thiophene rings is 2. The smallest absolute Gasteiger partial charge is 0.506 e. The number of ether oxygens (including phenoxy) is 3. The van der Waals surface area contributed by atoms with Crippen molar-refractivity contribution in [2.45, 2.75) is 78.5 Å². The van der Waals surface area contributed by atoms with Crippen LogP contribution in [0.3, 0.4) is 0 Å². The fraction of sp³-hybridized carbons (Fsp3) is 0.400. The van der Waals surface area contributed by atoms with Crippen LogP contribution in [0, 0.1) is 0 Å². The molecule has 1 saturated carbocycles. The molecule has 0 spiro atoms. The van der Waals surface area contributed by atoms with Gasteiger partial charge in [-0.3, -0.25) is 9.50 Å². The van der Waals surface area contributed by atoms with Crippen molar-refractivity contribution >= 4 is 65.8 Å². The van der Waals surface area contributed by atoms with Crippen LogP contribution in [0.4, 0.5) is 4.70 Å². The molecule has 0 amide bonds. The molecule has 1 fully saturated rings. The monoisotopic (exact) mass is 876 g/mol. The molecule has 5 aromatic rings. The van der Waals surface area contributed by atoms with Gasteiger partial charge in [0, 0.05) is 11.5 Å². The molecular weight excluding hydrogens is 830 g/mol. The van der Waals surface area contributed by atoms with Gasteiger partial charge in [0.1, 0.15) is 5.75 Å². The third-order valence-corrected chi connectivity index (χ3v) is 18.1. The van der Waals surface area contributed by atoms with Crippen molar-refractivity contribution in [2.75, 3.05) is 20.3 Å². The topological polar surface area (TPSA) is 150 Å². The Morgan fingerprint density at radius 3 is 2.40 bits per heavy atom. The quantitative estimate of drug-likeness (QED) is 0.0355. The number of methoxy groups -OCH3 is 1. The number of esters is 1. The molecule has 2 atom stereocenters. The number of halogens is 2. The van der Waals surface area contributed by atoms with Gasteiger partial charge in [-0.2, -0.15) is 0 Å². The third-order valence-electron chi connectivity index (χ3n) is 10.0. The van der Waals surface area contributed by atoms with E-state index in [1.165, 1.54) is 40.0 Å². The molecule has 1 unspecified atom stereocenters. The van der Waals surface area contributed by atoms with E-state index in [0.717, 1.165) is 44.1 Å². The number of hydrogen-bond donors (Lipinski definition) is 5. The molecule has 3 heterocycles. The van der Waals surface area contributed by atoms with Crippen molar-refractivity contribution in [3.05, 3.63) is 108 Å². The number of H-pyrrole nitrogens is 1. The van der Waals surface area contributed by atoms with Gasteiger partial charge in [0.05, 0.1) is 11.6 Å². The summed E-state index contributed by atoms with van der Waals surface area (Å²) in [7, 11) is 1.59. The maximum atomic E-state index is 13.4. The van der Waals surface area contributed by atoms with Crippen molar-refractivity contribution in [1.82, 2.24) is 10.3 Å². The van der Waals surface area contributed by atoms with Crippen molar-refractivity contribution < 1.29 is 39.0 Å². The fourth-order valence-electron chi connectivity index (χ4n) is 6.98. The van der Waals surface area contributed by atoms with E-state index in [4.69, 9.17) is 25.8 Å².